The molecule has 0 bridgehead atoms. The van der Waals surface area contributed by atoms with Gasteiger partial charge in [-0.3, -0.25) is 4.79 Å². The molecule has 0 radical (unpaired) electrons. The van der Waals surface area contributed by atoms with Gasteiger partial charge in [0, 0.05) is 13.6 Å². The molecule has 102 valence electrons. The third-order valence-electron chi connectivity index (χ3n) is 3.33. The summed E-state index contributed by atoms with van der Waals surface area (Å²) < 4.78 is 13.3. The molecule has 20 heavy (non-hydrogen) atoms. The van der Waals surface area contributed by atoms with Crippen LogP contribution in [0.25, 0.3) is 0 Å². The summed E-state index contributed by atoms with van der Waals surface area (Å²) in [6.07, 6.45) is 0.726. The van der Waals surface area contributed by atoms with E-state index in [4.69, 9.17) is 0 Å². The lowest BCUT2D eigenvalue weighted by atomic mass is 10.1. The number of nitrogens with one attached hydrogen (secondary N) is 1. The van der Waals surface area contributed by atoms with Crippen LogP contribution in [0.4, 0.5) is 15.9 Å². The van der Waals surface area contributed by atoms with Gasteiger partial charge < -0.3 is 10.2 Å². The molecule has 0 unspecified atom stereocenters. The number of aromatic nitrogens is 2. The van der Waals surface area contributed by atoms with Crippen molar-refractivity contribution in [3.63, 3.8) is 0 Å². The van der Waals surface area contributed by atoms with Gasteiger partial charge in [-0.15, -0.1) is 10.2 Å². The molecule has 0 spiro atoms. The fourth-order valence-electron chi connectivity index (χ4n) is 2.28. The highest BCUT2D eigenvalue weighted by Gasteiger charge is 2.26. The van der Waals surface area contributed by atoms with Crippen LogP contribution in [-0.2, 0) is 6.42 Å². The predicted molar refractivity (Wildman–Crippen MR) is 73.4 cm³/mol. The Morgan fingerprint density at radius 1 is 1.30 bits per heavy atom. The van der Waals surface area contributed by atoms with Crippen LogP contribution in [0.1, 0.15) is 16.1 Å². The van der Waals surface area contributed by atoms with E-state index in [9.17, 15) is 9.18 Å². The number of hydrogen-bond donors (Lipinski definition) is 1. The maximum Gasteiger partial charge on any atom is 0.278 e. The first kappa shape index (κ1) is 12.5. The van der Waals surface area contributed by atoms with Crippen LogP contribution in [0.15, 0.2) is 30.3 Å². The Hall–Kier alpha value is -2.50. The lowest BCUT2D eigenvalue weighted by Crippen LogP contribution is -2.29. The molecule has 0 saturated heterocycles. The van der Waals surface area contributed by atoms with Gasteiger partial charge in [-0.05, 0) is 36.2 Å². The molecule has 0 aliphatic carbocycles. The van der Waals surface area contributed by atoms with Crippen molar-refractivity contribution < 1.29 is 9.18 Å². The van der Waals surface area contributed by atoms with Gasteiger partial charge in [0.15, 0.2) is 5.69 Å². The zero-order valence-electron chi connectivity index (χ0n) is 10.9. The zero-order valence-corrected chi connectivity index (χ0v) is 10.9. The van der Waals surface area contributed by atoms with Gasteiger partial charge in [0.2, 0.25) is 0 Å². The molecular weight excluding hydrogens is 259 g/mol. The number of carbonyl (C=O) groups excluding carboxylic acids is 1. The molecule has 5 nitrogen and oxygen atoms in total. The van der Waals surface area contributed by atoms with E-state index in [0.29, 0.717) is 18.1 Å². The van der Waals surface area contributed by atoms with Gasteiger partial charge in [-0.2, -0.15) is 0 Å². The fourth-order valence-corrected chi connectivity index (χ4v) is 2.28. The molecule has 0 fully saturated rings. The Bertz CT molecular complexity index is 657. The van der Waals surface area contributed by atoms with E-state index in [2.05, 4.69) is 15.5 Å². The Kier molecular flexibility index (Phi) is 3.06. The van der Waals surface area contributed by atoms with Crippen molar-refractivity contribution >= 4 is 17.4 Å². The van der Waals surface area contributed by atoms with Crippen LogP contribution >= 0.6 is 0 Å². The number of anilines is 2. The van der Waals surface area contributed by atoms with E-state index >= 15 is 0 Å². The van der Waals surface area contributed by atoms with Crippen LogP contribution in [-0.4, -0.2) is 29.7 Å². The van der Waals surface area contributed by atoms with E-state index in [1.807, 2.05) is 0 Å². The van der Waals surface area contributed by atoms with Crippen molar-refractivity contribution in [3.8, 4) is 0 Å². The van der Waals surface area contributed by atoms with Gasteiger partial charge in [-0.25, -0.2) is 4.39 Å². The average Bonchev–Trinajstić information content (AvgIpc) is 2.89. The molecule has 1 N–H and O–H groups in total. The van der Waals surface area contributed by atoms with Gasteiger partial charge >= 0.3 is 0 Å². The minimum absolute atomic E-state index is 0.251. The number of amides is 1. The van der Waals surface area contributed by atoms with E-state index in [-0.39, 0.29) is 17.4 Å². The number of fused-ring (bicyclic) bond motifs is 1. The summed E-state index contributed by atoms with van der Waals surface area (Å²) in [6, 6.07) is 7.80. The maximum atomic E-state index is 13.3. The predicted octanol–water partition coefficient (Wildman–Crippen LogP) is 1.86. The summed E-state index contributed by atoms with van der Waals surface area (Å²) in [6.45, 7) is 0.535. The highest BCUT2D eigenvalue weighted by atomic mass is 19.1. The summed E-state index contributed by atoms with van der Waals surface area (Å²) in [7, 11) is 1.73. The summed E-state index contributed by atoms with van der Waals surface area (Å²) in [4.78, 5) is 13.9. The first-order valence-electron chi connectivity index (χ1n) is 6.31. The number of halogens is 1. The third-order valence-corrected chi connectivity index (χ3v) is 3.33. The minimum Gasteiger partial charge on any atom is -0.372 e. The van der Waals surface area contributed by atoms with Crippen LogP contribution < -0.4 is 10.2 Å². The average molecular weight is 272 g/mol. The van der Waals surface area contributed by atoms with Crippen molar-refractivity contribution in [1.29, 1.82) is 0 Å². The maximum absolute atomic E-state index is 13.3. The molecule has 3 rings (SSSR count). The summed E-state index contributed by atoms with van der Waals surface area (Å²) in [5.74, 6) is -0.0148. The number of nitrogens with zero attached hydrogens (tertiary/aromatic N) is 3. The summed E-state index contributed by atoms with van der Waals surface area (Å²) >= 11 is 0. The SMILES string of the molecule is CNc1ccc(C(=O)N2CCc3ccc(F)cc32)nn1. The topological polar surface area (TPSA) is 58.1 Å². The van der Waals surface area contributed by atoms with Crippen LogP contribution in [0.5, 0.6) is 0 Å². The lowest BCUT2D eigenvalue weighted by molar-refractivity contribution is 0.0983. The van der Waals surface area contributed by atoms with Crippen molar-refractivity contribution in [2.45, 2.75) is 6.42 Å². The summed E-state index contributed by atoms with van der Waals surface area (Å²) in [5, 5.41) is 10.6. The molecule has 1 aromatic heterocycles. The first-order chi connectivity index (χ1) is 9.69. The van der Waals surface area contributed by atoms with Crippen molar-refractivity contribution in [3.05, 3.63) is 47.4 Å². The molecule has 1 aromatic carbocycles. The Labute approximate surface area is 115 Å². The van der Waals surface area contributed by atoms with Gasteiger partial charge in [0.1, 0.15) is 11.6 Å². The first-order valence-corrected chi connectivity index (χ1v) is 6.31. The van der Waals surface area contributed by atoms with Gasteiger partial charge in [0.05, 0.1) is 5.69 Å². The molecule has 2 heterocycles. The van der Waals surface area contributed by atoms with Crippen LogP contribution in [0, 0.1) is 5.82 Å². The monoisotopic (exact) mass is 272 g/mol. The Morgan fingerprint density at radius 3 is 2.85 bits per heavy atom. The van der Waals surface area contributed by atoms with E-state index in [0.717, 1.165) is 12.0 Å². The van der Waals surface area contributed by atoms with E-state index < -0.39 is 0 Å². The highest BCUT2D eigenvalue weighted by molar-refractivity contribution is 6.06. The Balaban J connectivity index is 1.91. The van der Waals surface area contributed by atoms with Gasteiger partial charge in [0.25, 0.3) is 5.91 Å². The van der Waals surface area contributed by atoms with Crippen LogP contribution in [0.2, 0.25) is 0 Å². The second-order valence-electron chi connectivity index (χ2n) is 4.53. The smallest absolute Gasteiger partial charge is 0.278 e. The molecule has 1 aliphatic heterocycles. The van der Waals surface area contributed by atoms with Crippen molar-refractivity contribution in [2.24, 2.45) is 0 Å². The second kappa shape index (κ2) is 4.88. The molecular formula is C14H13FN4O. The van der Waals surface area contributed by atoms with Gasteiger partial charge in [-0.1, -0.05) is 6.07 Å². The highest BCUT2D eigenvalue weighted by Crippen LogP contribution is 2.29. The molecule has 0 atom stereocenters. The molecule has 0 saturated carbocycles. The largest absolute Gasteiger partial charge is 0.372 e. The number of carbonyl (C=O) groups is 1. The lowest BCUT2D eigenvalue weighted by Gasteiger charge is -2.16. The van der Waals surface area contributed by atoms with E-state index in [1.54, 1.807) is 30.1 Å². The van der Waals surface area contributed by atoms with E-state index in [1.165, 1.54) is 12.1 Å². The standard InChI is InChI=1S/C14H13FN4O/c1-16-13-5-4-11(17-18-13)14(20)19-7-6-9-2-3-10(15)8-12(9)19/h2-5,8H,6-7H2,1H3,(H,16,18). The molecule has 1 aliphatic rings. The molecule has 2 aromatic rings. The Morgan fingerprint density at radius 2 is 2.15 bits per heavy atom. The second-order valence-corrected chi connectivity index (χ2v) is 4.53. The number of benzene rings is 1. The van der Waals surface area contributed by atoms with Crippen LogP contribution in [0.3, 0.4) is 0 Å². The minimum atomic E-state index is -0.347. The van der Waals surface area contributed by atoms with Crippen molar-refractivity contribution in [1.82, 2.24) is 10.2 Å². The fraction of sp³-hybridized carbons (Fsp3) is 0.214. The molecule has 1 amide bonds. The third kappa shape index (κ3) is 2.09. The summed E-state index contributed by atoms with van der Waals surface area (Å²) in [5.41, 5.74) is 1.84. The quantitative estimate of drug-likeness (QED) is 0.906. The number of hydrogen-bond acceptors (Lipinski definition) is 4. The normalized spacial score (nSPS) is 13.2. The zero-order chi connectivity index (χ0) is 14.1. The van der Waals surface area contributed by atoms with Crippen molar-refractivity contribution in [2.75, 3.05) is 23.8 Å². The molecule has 6 heteroatoms. The number of rotatable bonds is 2.